The van der Waals surface area contributed by atoms with Crippen molar-refractivity contribution in [3.8, 4) is 0 Å². The van der Waals surface area contributed by atoms with E-state index in [0.717, 1.165) is 16.3 Å². The molecule has 146 valence electrons. The average Bonchev–Trinajstić information content (AvgIpc) is 3.16. The second-order valence-corrected chi connectivity index (χ2v) is 7.67. The number of carbonyl (C=O) groups is 2. The fraction of sp³-hybridized carbons (Fsp3) is 0.286. The molecular weight excluding hydrogens is 372 g/mol. The lowest BCUT2D eigenvalue weighted by Crippen LogP contribution is -2.30. The quantitative estimate of drug-likeness (QED) is 0.637. The van der Waals surface area contributed by atoms with Crippen LogP contribution in [0.25, 0.3) is 11.0 Å². The molecule has 0 atom stereocenters. The van der Waals surface area contributed by atoms with Gasteiger partial charge < -0.3 is 10.2 Å². The molecule has 7 heteroatoms. The average molecular weight is 397 g/mol. The van der Waals surface area contributed by atoms with E-state index in [2.05, 4.69) is 10.3 Å². The lowest BCUT2D eigenvalue weighted by atomic mass is 10.1. The Balaban J connectivity index is 1.68. The number of anilines is 1. The highest BCUT2D eigenvalue weighted by molar-refractivity contribution is 7.17. The van der Waals surface area contributed by atoms with Crippen molar-refractivity contribution in [3.05, 3.63) is 58.4 Å². The first kappa shape index (κ1) is 19.8. The lowest BCUT2D eigenvalue weighted by molar-refractivity contribution is -0.111. The van der Waals surface area contributed by atoms with E-state index < -0.39 is 0 Å². The Labute approximate surface area is 168 Å². The first-order valence-corrected chi connectivity index (χ1v) is 10.1. The highest BCUT2D eigenvalue weighted by Crippen LogP contribution is 2.21. The number of rotatable bonds is 6. The highest BCUT2D eigenvalue weighted by atomic mass is 32.1. The zero-order valence-electron chi connectivity index (χ0n) is 16.5. The third-order valence-corrected chi connectivity index (χ3v) is 5.40. The Morgan fingerprint density at radius 3 is 2.50 bits per heavy atom. The number of nitrogens with one attached hydrogen (secondary N) is 1. The van der Waals surface area contributed by atoms with E-state index >= 15 is 0 Å². The zero-order valence-corrected chi connectivity index (χ0v) is 17.3. The number of imidazole rings is 1. The maximum atomic E-state index is 12.3. The van der Waals surface area contributed by atoms with E-state index in [-0.39, 0.29) is 11.8 Å². The van der Waals surface area contributed by atoms with Gasteiger partial charge in [0.05, 0.1) is 11.4 Å². The minimum Gasteiger partial charge on any atom is -0.339 e. The number of thiazole rings is 1. The normalized spacial score (nSPS) is 11.3. The SMILES string of the molecule is CCN(CC)C(=O)c1ccc(NC(=O)/C=C/c2c(C)nc3sc(C)cn23)cc1. The number of fused-ring (bicyclic) bond motifs is 1. The van der Waals surface area contributed by atoms with Crippen LogP contribution in [0.5, 0.6) is 0 Å². The van der Waals surface area contributed by atoms with E-state index in [1.165, 1.54) is 11.0 Å². The molecule has 0 aliphatic heterocycles. The number of hydrogen-bond acceptors (Lipinski definition) is 4. The van der Waals surface area contributed by atoms with Crippen molar-refractivity contribution in [2.75, 3.05) is 18.4 Å². The molecular formula is C21H24N4O2S. The van der Waals surface area contributed by atoms with Crippen molar-refractivity contribution in [2.24, 2.45) is 0 Å². The van der Waals surface area contributed by atoms with E-state index in [9.17, 15) is 9.59 Å². The monoisotopic (exact) mass is 396 g/mol. The second-order valence-electron chi connectivity index (χ2n) is 6.45. The molecule has 3 rings (SSSR count). The molecule has 0 unspecified atom stereocenters. The highest BCUT2D eigenvalue weighted by Gasteiger charge is 2.12. The van der Waals surface area contributed by atoms with Gasteiger partial charge in [-0.05, 0) is 58.0 Å². The van der Waals surface area contributed by atoms with Gasteiger partial charge in [-0.3, -0.25) is 14.0 Å². The van der Waals surface area contributed by atoms with Gasteiger partial charge in [-0.25, -0.2) is 4.98 Å². The number of carbonyl (C=O) groups excluding carboxylic acids is 2. The van der Waals surface area contributed by atoms with Crippen molar-refractivity contribution in [3.63, 3.8) is 0 Å². The summed E-state index contributed by atoms with van der Waals surface area (Å²) in [7, 11) is 0. The molecule has 0 bridgehead atoms. The number of benzene rings is 1. The third-order valence-electron chi connectivity index (χ3n) is 4.51. The van der Waals surface area contributed by atoms with Crippen LogP contribution in [-0.2, 0) is 4.79 Å². The fourth-order valence-corrected chi connectivity index (χ4v) is 3.89. The first-order chi connectivity index (χ1) is 13.4. The van der Waals surface area contributed by atoms with Crippen molar-refractivity contribution in [2.45, 2.75) is 27.7 Å². The Morgan fingerprint density at radius 2 is 1.86 bits per heavy atom. The van der Waals surface area contributed by atoms with Crippen molar-refractivity contribution in [1.29, 1.82) is 0 Å². The van der Waals surface area contributed by atoms with E-state index in [0.29, 0.717) is 24.3 Å². The molecule has 0 fully saturated rings. The van der Waals surface area contributed by atoms with Crippen LogP contribution in [-0.4, -0.2) is 39.2 Å². The topological polar surface area (TPSA) is 66.7 Å². The molecule has 0 radical (unpaired) electrons. The molecule has 1 N–H and O–H groups in total. The van der Waals surface area contributed by atoms with Crippen molar-refractivity contribution < 1.29 is 9.59 Å². The first-order valence-electron chi connectivity index (χ1n) is 9.26. The summed E-state index contributed by atoms with van der Waals surface area (Å²) >= 11 is 1.62. The predicted molar refractivity (Wildman–Crippen MR) is 114 cm³/mol. The molecule has 3 aromatic rings. The lowest BCUT2D eigenvalue weighted by Gasteiger charge is -2.18. The Bertz CT molecular complexity index is 1030. The smallest absolute Gasteiger partial charge is 0.253 e. The molecule has 1 aromatic carbocycles. The molecule has 0 aliphatic carbocycles. The number of aromatic nitrogens is 2. The zero-order chi connectivity index (χ0) is 20.3. The third kappa shape index (κ3) is 4.14. The summed E-state index contributed by atoms with van der Waals surface area (Å²) in [6, 6.07) is 6.96. The minimum atomic E-state index is -0.232. The van der Waals surface area contributed by atoms with Crippen LogP contribution in [0.15, 0.2) is 36.5 Å². The Morgan fingerprint density at radius 1 is 1.18 bits per heavy atom. The van der Waals surface area contributed by atoms with Gasteiger partial charge >= 0.3 is 0 Å². The maximum absolute atomic E-state index is 12.3. The standard InChI is InChI=1S/C21H24N4O2S/c1-5-24(6-2)20(27)16-7-9-17(10-8-16)23-19(26)12-11-18-15(4)22-21-25(18)13-14(3)28-21/h7-13H,5-6H2,1-4H3,(H,23,26)/b12-11+. The van der Waals surface area contributed by atoms with Gasteiger partial charge in [0.25, 0.3) is 5.91 Å². The van der Waals surface area contributed by atoms with E-state index in [1.54, 1.807) is 46.6 Å². The van der Waals surface area contributed by atoms with Crippen LogP contribution >= 0.6 is 11.3 Å². The molecule has 0 spiro atoms. The summed E-state index contributed by atoms with van der Waals surface area (Å²) in [6.07, 6.45) is 5.29. The number of hydrogen-bond donors (Lipinski definition) is 1. The van der Waals surface area contributed by atoms with Crippen LogP contribution in [0.2, 0.25) is 0 Å². The van der Waals surface area contributed by atoms with Crippen LogP contribution < -0.4 is 5.32 Å². The maximum Gasteiger partial charge on any atom is 0.253 e. The van der Waals surface area contributed by atoms with Crippen LogP contribution in [0.4, 0.5) is 5.69 Å². The number of nitrogens with zero attached hydrogens (tertiary/aromatic N) is 3. The number of aryl methyl sites for hydroxylation is 2. The summed E-state index contributed by atoms with van der Waals surface area (Å²) in [4.78, 5) is 33.0. The van der Waals surface area contributed by atoms with Crippen LogP contribution in [0, 0.1) is 13.8 Å². The van der Waals surface area contributed by atoms with Gasteiger partial charge in [-0.2, -0.15) is 0 Å². The molecule has 0 aliphatic rings. The molecule has 2 heterocycles. The van der Waals surface area contributed by atoms with Gasteiger partial charge in [0.15, 0.2) is 4.96 Å². The molecule has 2 aromatic heterocycles. The summed E-state index contributed by atoms with van der Waals surface area (Å²) in [5.41, 5.74) is 3.04. The Hall–Kier alpha value is -2.93. The molecule has 6 nitrogen and oxygen atoms in total. The molecule has 28 heavy (non-hydrogen) atoms. The Kier molecular flexibility index (Phi) is 5.94. The largest absolute Gasteiger partial charge is 0.339 e. The predicted octanol–water partition coefficient (Wildman–Crippen LogP) is 4.15. The summed E-state index contributed by atoms with van der Waals surface area (Å²) in [6.45, 7) is 9.21. The van der Waals surface area contributed by atoms with Gasteiger partial charge in [-0.1, -0.05) is 0 Å². The van der Waals surface area contributed by atoms with Crippen molar-refractivity contribution >= 4 is 39.9 Å². The summed E-state index contributed by atoms with van der Waals surface area (Å²) in [5, 5.41) is 2.82. The summed E-state index contributed by atoms with van der Waals surface area (Å²) < 4.78 is 1.99. The van der Waals surface area contributed by atoms with Gasteiger partial charge in [0.1, 0.15) is 0 Å². The molecule has 2 amide bonds. The fourth-order valence-electron chi connectivity index (χ4n) is 3.01. The van der Waals surface area contributed by atoms with Gasteiger partial charge in [-0.15, -0.1) is 11.3 Å². The van der Waals surface area contributed by atoms with Gasteiger partial charge in [0, 0.05) is 41.5 Å². The van der Waals surface area contributed by atoms with E-state index in [1.807, 2.05) is 38.3 Å². The summed E-state index contributed by atoms with van der Waals surface area (Å²) in [5.74, 6) is -0.238. The van der Waals surface area contributed by atoms with Crippen LogP contribution in [0.3, 0.4) is 0 Å². The minimum absolute atomic E-state index is 0.00551. The van der Waals surface area contributed by atoms with Crippen molar-refractivity contribution in [1.82, 2.24) is 14.3 Å². The second kappa shape index (κ2) is 8.39. The number of amides is 2. The molecule has 0 saturated heterocycles. The van der Waals surface area contributed by atoms with Gasteiger partial charge in [0.2, 0.25) is 5.91 Å². The molecule has 0 saturated carbocycles. The van der Waals surface area contributed by atoms with Crippen LogP contribution in [0.1, 0.15) is 40.5 Å². The van der Waals surface area contributed by atoms with E-state index in [4.69, 9.17) is 0 Å².